The van der Waals surface area contributed by atoms with E-state index >= 15 is 0 Å². The molecule has 2 fully saturated rings. The van der Waals surface area contributed by atoms with Gasteiger partial charge in [-0.2, -0.15) is 0 Å². The van der Waals surface area contributed by atoms with Gasteiger partial charge in [0.05, 0.1) is 0 Å². The first kappa shape index (κ1) is 13.9. The number of ether oxygens (including phenoxy) is 1. The lowest BCUT2D eigenvalue weighted by atomic mass is 10.1. The lowest BCUT2D eigenvalue weighted by Gasteiger charge is -2.26. The van der Waals surface area contributed by atoms with E-state index in [9.17, 15) is 0 Å². The van der Waals surface area contributed by atoms with E-state index in [0.717, 1.165) is 31.5 Å². The van der Waals surface area contributed by atoms with Crippen LogP contribution in [0.3, 0.4) is 0 Å². The van der Waals surface area contributed by atoms with Crippen LogP contribution >= 0.6 is 0 Å². The second-order valence-electron chi connectivity index (χ2n) is 6.05. The third kappa shape index (κ3) is 4.50. The van der Waals surface area contributed by atoms with Crippen molar-refractivity contribution >= 4 is 0 Å². The van der Waals surface area contributed by atoms with E-state index in [4.69, 9.17) is 4.74 Å². The number of likely N-dealkylation sites (tertiary alicyclic amines) is 1. The van der Waals surface area contributed by atoms with Crippen molar-refractivity contribution in [2.75, 3.05) is 26.2 Å². The first-order chi connectivity index (χ1) is 9.90. The summed E-state index contributed by atoms with van der Waals surface area (Å²) >= 11 is 0. The van der Waals surface area contributed by atoms with Gasteiger partial charge in [0.2, 0.25) is 0 Å². The van der Waals surface area contributed by atoms with Gasteiger partial charge in [-0.25, -0.2) is 0 Å². The molecule has 1 aliphatic heterocycles. The molecule has 0 bridgehead atoms. The molecule has 1 N–H and O–H groups in total. The Balaban J connectivity index is 1.40. The lowest BCUT2D eigenvalue weighted by Crippen LogP contribution is -2.33. The number of benzene rings is 1. The van der Waals surface area contributed by atoms with Gasteiger partial charge in [0.15, 0.2) is 0 Å². The summed E-state index contributed by atoms with van der Waals surface area (Å²) in [5.74, 6) is 1.01. The number of nitrogens with zero attached hydrogens (tertiary/aromatic N) is 1. The van der Waals surface area contributed by atoms with Gasteiger partial charge in [0.1, 0.15) is 12.4 Å². The summed E-state index contributed by atoms with van der Waals surface area (Å²) < 4.78 is 5.90. The standard InChI is InChI=1S/C17H26N2O/c1-2-9-19(10-3-1)11-12-20-17-6-4-5-15(13-17)14-18-16-7-8-16/h4-6,13,16,18H,1-3,7-12,14H2. The smallest absolute Gasteiger partial charge is 0.119 e. The molecule has 110 valence electrons. The average Bonchev–Trinajstić information content (AvgIpc) is 3.31. The fourth-order valence-electron chi connectivity index (χ4n) is 2.77. The Bertz CT molecular complexity index is 411. The Kier molecular flexibility index (Phi) is 4.93. The van der Waals surface area contributed by atoms with Gasteiger partial charge >= 0.3 is 0 Å². The van der Waals surface area contributed by atoms with Gasteiger partial charge in [-0.3, -0.25) is 4.90 Å². The summed E-state index contributed by atoms with van der Waals surface area (Å²) in [5, 5.41) is 3.54. The maximum Gasteiger partial charge on any atom is 0.119 e. The molecule has 3 rings (SSSR count). The number of hydrogen-bond acceptors (Lipinski definition) is 3. The summed E-state index contributed by atoms with van der Waals surface area (Å²) in [7, 11) is 0. The first-order valence-electron chi connectivity index (χ1n) is 8.08. The minimum Gasteiger partial charge on any atom is -0.492 e. The van der Waals surface area contributed by atoms with E-state index < -0.39 is 0 Å². The molecule has 20 heavy (non-hydrogen) atoms. The highest BCUT2D eigenvalue weighted by Crippen LogP contribution is 2.20. The Morgan fingerprint density at radius 1 is 1.15 bits per heavy atom. The molecule has 0 radical (unpaired) electrons. The quantitative estimate of drug-likeness (QED) is 0.827. The zero-order chi connectivity index (χ0) is 13.6. The second kappa shape index (κ2) is 7.09. The van der Waals surface area contributed by atoms with Crippen molar-refractivity contribution in [1.82, 2.24) is 10.2 Å². The Labute approximate surface area is 122 Å². The van der Waals surface area contributed by atoms with Crippen molar-refractivity contribution in [2.24, 2.45) is 0 Å². The van der Waals surface area contributed by atoms with Crippen LogP contribution in [0.5, 0.6) is 5.75 Å². The van der Waals surface area contributed by atoms with Crippen LogP contribution < -0.4 is 10.1 Å². The molecular formula is C17H26N2O. The molecule has 0 aromatic heterocycles. The predicted molar refractivity (Wildman–Crippen MR) is 82.1 cm³/mol. The fourth-order valence-corrected chi connectivity index (χ4v) is 2.77. The van der Waals surface area contributed by atoms with Gasteiger partial charge in [-0.05, 0) is 56.5 Å². The largest absolute Gasteiger partial charge is 0.492 e. The van der Waals surface area contributed by atoms with Gasteiger partial charge in [0.25, 0.3) is 0 Å². The van der Waals surface area contributed by atoms with Crippen LogP contribution in [-0.4, -0.2) is 37.2 Å². The van der Waals surface area contributed by atoms with Crippen molar-refractivity contribution in [3.05, 3.63) is 29.8 Å². The molecule has 1 saturated heterocycles. The maximum absolute atomic E-state index is 5.90. The molecule has 0 spiro atoms. The first-order valence-corrected chi connectivity index (χ1v) is 8.08. The summed E-state index contributed by atoms with van der Waals surface area (Å²) in [6.45, 7) is 5.32. The van der Waals surface area contributed by atoms with Crippen molar-refractivity contribution in [2.45, 2.75) is 44.7 Å². The highest BCUT2D eigenvalue weighted by molar-refractivity contribution is 5.28. The van der Waals surface area contributed by atoms with Crippen LogP contribution in [0, 0.1) is 0 Å². The molecule has 2 aliphatic rings. The van der Waals surface area contributed by atoms with Crippen LogP contribution in [0.2, 0.25) is 0 Å². The van der Waals surface area contributed by atoms with Crippen molar-refractivity contribution < 1.29 is 4.74 Å². The molecule has 3 heteroatoms. The number of rotatable bonds is 7. The topological polar surface area (TPSA) is 24.5 Å². The normalized spacial score (nSPS) is 20.0. The fraction of sp³-hybridized carbons (Fsp3) is 0.647. The molecule has 1 aromatic carbocycles. The number of hydrogen-bond donors (Lipinski definition) is 1. The van der Waals surface area contributed by atoms with Crippen molar-refractivity contribution in [3.63, 3.8) is 0 Å². The SMILES string of the molecule is c1cc(CNC2CC2)cc(OCCN2CCCCC2)c1. The van der Waals surface area contributed by atoms with Gasteiger partial charge in [0, 0.05) is 19.1 Å². The van der Waals surface area contributed by atoms with E-state index in [2.05, 4.69) is 34.5 Å². The number of piperidine rings is 1. The van der Waals surface area contributed by atoms with Crippen LogP contribution in [0.1, 0.15) is 37.7 Å². The van der Waals surface area contributed by atoms with Gasteiger partial charge in [-0.15, -0.1) is 0 Å². The zero-order valence-corrected chi connectivity index (χ0v) is 12.3. The molecule has 0 unspecified atom stereocenters. The third-order valence-corrected chi connectivity index (χ3v) is 4.20. The molecule has 1 aromatic rings. The monoisotopic (exact) mass is 274 g/mol. The Hall–Kier alpha value is -1.06. The van der Waals surface area contributed by atoms with Gasteiger partial charge < -0.3 is 10.1 Å². The van der Waals surface area contributed by atoms with Crippen LogP contribution in [-0.2, 0) is 6.54 Å². The third-order valence-electron chi connectivity index (χ3n) is 4.20. The van der Waals surface area contributed by atoms with Crippen molar-refractivity contribution in [3.8, 4) is 5.75 Å². The molecule has 1 heterocycles. The highest BCUT2D eigenvalue weighted by Gasteiger charge is 2.19. The summed E-state index contributed by atoms with van der Waals surface area (Å²) in [4.78, 5) is 2.52. The maximum atomic E-state index is 5.90. The molecule has 3 nitrogen and oxygen atoms in total. The van der Waals surface area contributed by atoms with Crippen LogP contribution in [0.25, 0.3) is 0 Å². The van der Waals surface area contributed by atoms with Crippen molar-refractivity contribution in [1.29, 1.82) is 0 Å². The summed E-state index contributed by atoms with van der Waals surface area (Å²) in [6, 6.07) is 9.27. The minimum atomic E-state index is 0.763. The summed E-state index contributed by atoms with van der Waals surface area (Å²) in [6.07, 6.45) is 6.77. The lowest BCUT2D eigenvalue weighted by molar-refractivity contribution is 0.183. The number of nitrogens with one attached hydrogen (secondary N) is 1. The Morgan fingerprint density at radius 3 is 2.80 bits per heavy atom. The molecule has 0 amide bonds. The van der Waals surface area contributed by atoms with E-state index in [1.54, 1.807) is 0 Å². The zero-order valence-electron chi connectivity index (χ0n) is 12.3. The van der Waals surface area contributed by atoms with E-state index in [1.165, 1.54) is 50.8 Å². The van der Waals surface area contributed by atoms with E-state index in [0.29, 0.717) is 0 Å². The van der Waals surface area contributed by atoms with Crippen LogP contribution in [0.4, 0.5) is 0 Å². The predicted octanol–water partition coefficient (Wildman–Crippen LogP) is 2.80. The van der Waals surface area contributed by atoms with E-state index in [-0.39, 0.29) is 0 Å². The second-order valence-corrected chi connectivity index (χ2v) is 6.05. The highest BCUT2D eigenvalue weighted by atomic mass is 16.5. The summed E-state index contributed by atoms with van der Waals surface area (Å²) in [5.41, 5.74) is 1.33. The molecule has 1 aliphatic carbocycles. The average molecular weight is 274 g/mol. The Morgan fingerprint density at radius 2 is 2.00 bits per heavy atom. The van der Waals surface area contributed by atoms with Crippen LogP contribution in [0.15, 0.2) is 24.3 Å². The van der Waals surface area contributed by atoms with Gasteiger partial charge in [-0.1, -0.05) is 18.6 Å². The molecule has 0 atom stereocenters. The molecular weight excluding hydrogens is 248 g/mol. The van der Waals surface area contributed by atoms with E-state index in [1.807, 2.05) is 0 Å². The molecule has 1 saturated carbocycles. The minimum absolute atomic E-state index is 0.763.